The van der Waals surface area contributed by atoms with Gasteiger partial charge in [-0.05, 0) is 12.1 Å². The van der Waals surface area contributed by atoms with Crippen molar-refractivity contribution < 1.29 is 5.11 Å². The predicted octanol–water partition coefficient (Wildman–Crippen LogP) is 1.87. The molecule has 1 aliphatic rings. The minimum absolute atomic E-state index is 0.350. The van der Waals surface area contributed by atoms with Gasteiger partial charge in [-0.15, -0.1) is 11.8 Å². The van der Waals surface area contributed by atoms with E-state index in [1.165, 1.54) is 0 Å². The Morgan fingerprint density at radius 1 is 1.50 bits per heavy atom. The summed E-state index contributed by atoms with van der Waals surface area (Å²) in [6.07, 6.45) is 0. The number of benzene rings is 1. The minimum atomic E-state index is 0.350. The Labute approximate surface area is 63.3 Å². The summed E-state index contributed by atoms with van der Waals surface area (Å²) in [6.45, 7) is 0. The molecule has 0 amide bonds. The lowest BCUT2D eigenvalue weighted by molar-refractivity contribution is 0.476. The number of aromatic hydroxyl groups is 1. The number of hydrogen-bond acceptors (Lipinski definition) is 3. The number of para-hydroxylation sites is 1. The van der Waals surface area contributed by atoms with Crippen molar-refractivity contribution >= 4 is 17.4 Å². The summed E-state index contributed by atoms with van der Waals surface area (Å²) in [4.78, 5) is 1.14. The molecule has 1 aromatic carbocycles. The maximum atomic E-state index is 9.26. The van der Waals surface area contributed by atoms with Gasteiger partial charge in [-0.1, -0.05) is 6.07 Å². The average Bonchev–Trinajstić information content (AvgIpc) is 2.36. The Kier molecular flexibility index (Phi) is 1.24. The molecule has 2 N–H and O–H groups in total. The van der Waals surface area contributed by atoms with Gasteiger partial charge >= 0.3 is 0 Å². The number of fused-ring (bicyclic) bond motifs is 1. The van der Waals surface area contributed by atoms with E-state index >= 15 is 0 Å². The highest BCUT2D eigenvalue weighted by molar-refractivity contribution is 7.99. The molecule has 0 fully saturated rings. The van der Waals surface area contributed by atoms with Crippen LogP contribution in [0.2, 0.25) is 0 Å². The third kappa shape index (κ3) is 0.743. The van der Waals surface area contributed by atoms with E-state index in [0.29, 0.717) is 5.75 Å². The fourth-order valence-electron chi connectivity index (χ4n) is 1.00. The Balaban J connectivity index is 2.59. The molecule has 0 bridgehead atoms. The van der Waals surface area contributed by atoms with Crippen molar-refractivity contribution in [2.24, 2.45) is 0 Å². The van der Waals surface area contributed by atoms with E-state index in [4.69, 9.17) is 0 Å². The molecular formula is C7H7NOS. The van der Waals surface area contributed by atoms with Crippen LogP contribution >= 0.6 is 11.8 Å². The Hall–Kier alpha value is -0.830. The SMILES string of the molecule is Oc1cccc2c1NCS2. The van der Waals surface area contributed by atoms with Gasteiger partial charge in [-0.25, -0.2) is 0 Å². The zero-order chi connectivity index (χ0) is 6.97. The van der Waals surface area contributed by atoms with E-state index in [9.17, 15) is 5.11 Å². The number of hydrogen-bond donors (Lipinski definition) is 2. The van der Waals surface area contributed by atoms with Gasteiger partial charge in [0, 0.05) is 4.90 Å². The maximum Gasteiger partial charge on any atom is 0.139 e. The van der Waals surface area contributed by atoms with Gasteiger partial charge in [0.1, 0.15) is 5.75 Å². The highest BCUT2D eigenvalue weighted by Gasteiger charge is 2.12. The molecule has 52 valence electrons. The van der Waals surface area contributed by atoms with Crippen LogP contribution in [0, 0.1) is 0 Å². The van der Waals surface area contributed by atoms with Gasteiger partial charge in [0.2, 0.25) is 0 Å². The number of nitrogens with one attached hydrogen (secondary N) is 1. The number of phenols is 1. The van der Waals surface area contributed by atoms with E-state index < -0.39 is 0 Å². The maximum absolute atomic E-state index is 9.26. The lowest BCUT2D eigenvalue weighted by atomic mass is 10.3. The summed E-state index contributed by atoms with van der Waals surface area (Å²) in [7, 11) is 0. The lowest BCUT2D eigenvalue weighted by Gasteiger charge is -1.99. The standard InChI is InChI=1S/C7H7NOS/c9-5-2-1-3-6-7(5)8-4-10-6/h1-3,8-9H,4H2. The molecule has 0 aromatic heterocycles. The van der Waals surface area contributed by atoms with Crippen molar-refractivity contribution in [3.05, 3.63) is 18.2 Å². The molecule has 0 saturated carbocycles. The van der Waals surface area contributed by atoms with Gasteiger partial charge in [0.25, 0.3) is 0 Å². The van der Waals surface area contributed by atoms with Crippen LogP contribution in [-0.4, -0.2) is 11.0 Å². The van der Waals surface area contributed by atoms with E-state index in [1.54, 1.807) is 17.8 Å². The van der Waals surface area contributed by atoms with Crippen molar-refractivity contribution in [3.63, 3.8) is 0 Å². The summed E-state index contributed by atoms with van der Waals surface area (Å²) >= 11 is 1.71. The highest BCUT2D eigenvalue weighted by Crippen LogP contribution is 2.39. The van der Waals surface area contributed by atoms with Gasteiger partial charge in [-0.3, -0.25) is 0 Å². The largest absolute Gasteiger partial charge is 0.506 e. The van der Waals surface area contributed by atoms with E-state index in [-0.39, 0.29) is 0 Å². The summed E-state index contributed by atoms with van der Waals surface area (Å²) in [5.41, 5.74) is 0.882. The number of phenolic OH excluding ortho intramolecular Hbond substituents is 1. The molecule has 0 aliphatic carbocycles. The van der Waals surface area contributed by atoms with Crippen LogP contribution in [0.5, 0.6) is 5.75 Å². The first-order valence-electron chi connectivity index (χ1n) is 3.06. The molecule has 10 heavy (non-hydrogen) atoms. The highest BCUT2D eigenvalue weighted by atomic mass is 32.2. The zero-order valence-corrected chi connectivity index (χ0v) is 6.11. The molecule has 2 rings (SSSR count). The van der Waals surface area contributed by atoms with Crippen LogP contribution in [-0.2, 0) is 0 Å². The van der Waals surface area contributed by atoms with Crippen LogP contribution in [0.3, 0.4) is 0 Å². The van der Waals surface area contributed by atoms with Crippen LogP contribution < -0.4 is 5.32 Å². The van der Waals surface area contributed by atoms with Crippen molar-refractivity contribution in [2.45, 2.75) is 4.90 Å². The summed E-state index contributed by atoms with van der Waals surface area (Å²) < 4.78 is 0. The lowest BCUT2D eigenvalue weighted by Crippen LogP contribution is -1.87. The second-order valence-electron chi connectivity index (χ2n) is 2.12. The van der Waals surface area contributed by atoms with Crippen LogP contribution in [0.4, 0.5) is 5.69 Å². The third-order valence-electron chi connectivity index (χ3n) is 1.48. The molecule has 0 saturated heterocycles. The van der Waals surface area contributed by atoms with Crippen molar-refractivity contribution in [2.75, 3.05) is 11.2 Å². The Morgan fingerprint density at radius 2 is 2.40 bits per heavy atom. The second kappa shape index (κ2) is 2.09. The summed E-state index contributed by atoms with van der Waals surface area (Å²) in [6, 6.07) is 5.55. The molecule has 1 aromatic rings. The molecule has 0 radical (unpaired) electrons. The number of rotatable bonds is 0. The topological polar surface area (TPSA) is 32.3 Å². The fraction of sp³-hybridized carbons (Fsp3) is 0.143. The molecule has 1 aliphatic heterocycles. The van der Waals surface area contributed by atoms with Crippen molar-refractivity contribution in [3.8, 4) is 5.75 Å². The van der Waals surface area contributed by atoms with Gasteiger partial charge in [0.05, 0.1) is 11.6 Å². The Bertz CT molecular complexity index is 262. The molecule has 0 atom stereocenters. The number of thioether (sulfide) groups is 1. The van der Waals surface area contributed by atoms with Crippen molar-refractivity contribution in [1.82, 2.24) is 0 Å². The zero-order valence-electron chi connectivity index (χ0n) is 5.29. The minimum Gasteiger partial charge on any atom is -0.506 e. The van der Waals surface area contributed by atoms with E-state index in [1.807, 2.05) is 12.1 Å². The molecule has 2 nitrogen and oxygen atoms in total. The first-order valence-corrected chi connectivity index (χ1v) is 4.05. The Morgan fingerprint density at radius 3 is 3.20 bits per heavy atom. The van der Waals surface area contributed by atoms with Crippen LogP contribution in [0.1, 0.15) is 0 Å². The van der Waals surface area contributed by atoms with E-state index in [2.05, 4.69) is 5.32 Å². The monoisotopic (exact) mass is 153 g/mol. The first kappa shape index (κ1) is 5.92. The van der Waals surface area contributed by atoms with Gasteiger partial charge in [-0.2, -0.15) is 0 Å². The van der Waals surface area contributed by atoms with E-state index in [0.717, 1.165) is 16.5 Å². The predicted molar refractivity (Wildman–Crippen MR) is 42.5 cm³/mol. The first-order chi connectivity index (χ1) is 4.88. The fourth-order valence-corrected chi connectivity index (χ4v) is 1.87. The van der Waals surface area contributed by atoms with Crippen molar-refractivity contribution in [1.29, 1.82) is 0 Å². The second-order valence-corrected chi connectivity index (χ2v) is 3.13. The molecule has 0 spiro atoms. The molecule has 3 heteroatoms. The molecular weight excluding hydrogens is 146 g/mol. The summed E-state index contributed by atoms with van der Waals surface area (Å²) in [5.74, 6) is 1.22. The van der Waals surface area contributed by atoms with Gasteiger partial charge < -0.3 is 10.4 Å². The van der Waals surface area contributed by atoms with Crippen LogP contribution in [0.25, 0.3) is 0 Å². The summed E-state index contributed by atoms with van der Waals surface area (Å²) in [5, 5.41) is 12.3. The number of anilines is 1. The molecule has 1 heterocycles. The normalized spacial score (nSPS) is 14.4. The quantitative estimate of drug-likeness (QED) is 0.558. The van der Waals surface area contributed by atoms with Gasteiger partial charge in [0.15, 0.2) is 0 Å². The smallest absolute Gasteiger partial charge is 0.139 e. The molecule has 0 unspecified atom stereocenters. The van der Waals surface area contributed by atoms with Crippen LogP contribution in [0.15, 0.2) is 23.1 Å². The average molecular weight is 153 g/mol. The third-order valence-corrected chi connectivity index (χ3v) is 2.42.